The van der Waals surface area contributed by atoms with Crippen molar-refractivity contribution in [1.29, 1.82) is 0 Å². The molecule has 1 fully saturated rings. The van der Waals surface area contributed by atoms with E-state index < -0.39 is 36.3 Å². The Morgan fingerprint density at radius 1 is 1.30 bits per heavy atom. The molecule has 3 N–H and O–H groups in total. The molecule has 0 aromatic rings. The fraction of sp³-hybridized carbons (Fsp3) is 0.850. The topological polar surface area (TPSA) is 140 Å². The highest BCUT2D eigenvalue weighted by atomic mass is 32.7. The zero-order valence-corrected chi connectivity index (χ0v) is 22.1. The van der Waals surface area contributed by atoms with Crippen LogP contribution in [-0.2, 0) is 32.7 Å². The van der Waals surface area contributed by atoms with Crippen molar-refractivity contribution in [3.63, 3.8) is 0 Å². The molecule has 1 rings (SSSR count). The van der Waals surface area contributed by atoms with E-state index in [1.165, 1.54) is 6.92 Å². The van der Waals surface area contributed by atoms with Crippen LogP contribution in [0.15, 0.2) is 0 Å². The number of carbonyl (C=O) groups excluding carboxylic acids is 3. The molecule has 13 heteroatoms. The summed E-state index contributed by atoms with van der Waals surface area (Å²) in [6.07, 6.45) is -2.24. The van der Waals surface area contributed by atoms with Crippen molar-refractivity contribution in [3.05, 3.63) is 0 Å². The number of amides is 2. The van der Waals surface area contributed by atoms with E-state index in [1.54, 1.807) is 13.8 Å². The smallest absolute Gasteiger partial charge is 0.390 e. The number of carbonyl (C=O) groups is 3. The van der Waals surface area contributed by atoms with Crippen LogP contribution in [0.2, 0.25) is 0 Å². The van der Waals surface area contributed by atoms with Crippen molar-refractivity contribution in [2.24, 2.45) is 5.41 Å². The average molecular weight is 513 g/mol. The van der Waals surface area contributed by atoms with Crippen LogP contribution in [0.3, 0.4) is 0 Å². The highest BCUT2D eigenvalue weighted by Gasteiger charge is 2.43. The second kappa shape index (κ2) is 13.1. The van der Waals surface area contributed by atoms with Crippen LogP contribution >= 0.6 is 18.2 Å². The minimum Gasteiger partial charge on any atom is -0.465 e. The SMILES string of the molecule is C[C@@H](O)CC(=O)OCC(C)(C)[C@H]1OP(=O)(OCC[N+](C)(C)C)SCCNC(=O)CCNC1=O. The summed E-state index contributed by atoms with van der Waals surface area (Å²) in [5, 5.41) is 14.7. The molecule has 0 bridgehead atoms. The molecule has 0 radical (unpaired) electrons. The summed E-state index contributed by atoms with van der Waals surface area (Å²) in [5.41, 5.74) is -1.08. The van der Waals surface area contributed by atoms with Gasteiger partial charge in [0, 0.05) is 30.7 Å². The normalized spacial score (nSPS) is 24.6. The first-order chi connectivity index (χ1) is 15.1. The number of quaternary nitrogens is 1. The predicted molar refractivity (Wildman–Crippen MR) is 125 cm³/mol. The molecular weight excluding hydrogens is 473 g/mol. The maximum absolute atomic E-state index is 13.6. The summed E-state index contributed by atoms with van der Waals surface area (Å²) < 4.78 is 31.0. The Labute approximate surface area is 200 Å². The second-order valence-corrected chi connectivity index (χ2v) is 13.9. The fourth-order valence-corrected chi connectivity index (χ4v) is 6.06. The minimum absolute atomic E-state index is 0.0717. The van der Waals surface area contributed by atoms with Crippen LogP contribution in [-0.4, -0.2) is 99.3 Å². The fourth-order valence-electron chi connectivity index (χ4n) is 2.67. The van der Waals surface area contributed by atoms with Crippen molar-refractivity contribution >= 4 is 36.0 Å². The van der Waals surface area contributed by atoms with Crippen molar-refractivity contribution in [1.82, 2.24) is 10.6 Å². The maximum Gasteiger partial charge on any atom is 0.390 e. The van der Waals surface area contributed by atoms with Gasteiger partial charge < -0.3 is 25.0 Å². The van der Waals surface area contributed by atoms with E-state index in [2.05, 4.69) is 10.6 Å². The largest absolute Gasteiger partial charge is 0.465 e. The van der Waals surface area contributed by atoms with Crippen LogP contribution in [0.25, 0.3) is 0 Å². The molecule has 1 aliphatic rings. The lowest BCUT2D eigenvalue weighted by atomic mass is 9.87. The van der Waals surface area contributed by atoms with Gasteiger partial charge in [-0.3, -0.25) is 23.4 Å². The maximum atomic E-state index is 13.6. The number of aliphatic hydroxyl groups excluding tert-OH is 1. The van der Waals surface area contributed by atoms with Gasteiger partial charge in [0.2, 0.25) is 11.8 Å². The first kappa shape index (κ1) is 29.9. The Morgan fingerprint density at radius 3 is 2.58 bits per heavy atom. The summed E-state index contributed by atoms with van der Waals surface area (Å²) >= 11 is 0.914. The Hall–Kier alpha value is -1.17. The van der Waals surface area contributed by atoms with Gasteiger partial charge in [-0.05, 0) is 18.3 Å². The number of aliphatic hydroxyl groups is 1. The third-order valence-electron chi connectivity index (χ3n) is 4.59. The molecule has 1 aliphatic heterocycles. The van der Waals surface area contributed by atoms with Crippen molar-refractivity contribution in [2.45, 2.75) is 45.8 Å². The van der Waals surface area contributed by atoms with Crippen LogP contribution in [0, 0.1) is 5.41 Å². The predicted octanol–water partition coefficient (Wildman–Crippen LogP) is 0.912. The van der Waals surface area contributed by atoms with Gasteiger partial charge in [0.05, 0.1) is 40.3 Å². The lowest BCUT2D eigenvalue weighted by molar-refractivity contribution is -0.870. The lowest BCUT2D eigenvalue weighted by Crippen LogP contribution is -2.48. The molecule has 1 heterocycles. The number of rotatable bonds is 9. The minimum atomic E-state index is -3.82. The standard InChI is InChI=1S/C20H38N3O8PS/c1-15(24)13-17(26)29-14-20(2,3)18-19(27)22-8-7-16(25)21-9-12-33-32(28,31-18)30-11-10-23(4,5)6/h15,18,24H,7-14H2,1-6H3,(H-,21,22,25,27)/p+1/t15-,18+,32?/m1/s1. The number of ether oxygens (including phenoxy) is 1. The molecule has 33 heavy (non-hydrogen) atoms. The molecule has 2 amide bonds. The van der Waals surface area contributed by atoms with Gasteiger partial charge in [0.1, 0.15) is 13.2 Å². The molecule has 3 atom stereocenters. The van der Waals surface area contributed by atoms with E-state index >= 15 is 0 Å². The van der Waals surface area contributed by atoms with E-state index in [0.717, 1.165) is 11.4 Å². The Morgan fingerprint density at radius 2 is 1.97 bits per heavy atom. The van der Waals surface area contributed by atoms with E-state index in [9.17, 15) is 24.1 Å². The van der Waals surface area contributed by atoms with Crippen LogP contribution in [0.1, 0.15) is 33.6 Å². The third-order valence-corrected chi connectivity index (χ3v) is 8.33. The Kier molecular flexibility index (Phi) is 11.8. The second-order valence-electron chi connectivity index (χ2n) is 9.71. The summed E-state index contributed by atoms with van der Waals surface area (Å²) in [4.78, 5) is 36.8. The van der Waals surface area contributed by atoms with Crippen LogP contribution < -0.4 is 10.6 Å². The van der Waals surface area contributed by atoms with Gasteiger partial charge in [0.15, 0.2) is 6.10 Å². The highest BCUT2D eigenvalue weighted by molar-refractivity contribution is 8.55. The number of likely N-dealkylation sites (N-methyl/N-ethyl adjacent to an activating group) is 1. The van der Waals surface area contributed by atoms with Gasteiger partial charge in [-0.25, -0.2) is 4.57 Å². The summed E-state index contributed by atoms with van der Waals surface area (Å²) in [6, 6.07) is 0. The highest BCUT2D eigenvalue weighted by Crippen LogP contribution is 2.62. The monoisotopic (exact) mass is 512 g/mol. The first-order valence-electron chi connectivity index (χ1n) is 10.9. The number of hydrogen-bond acceptors (Lipinski definition) is 9. The molecule has 0 aliphatic carbocycles. The van der Waals surface area contributed by atoms with E-state index in [0.29, 0.717) is 11.0 Å². The van der Waals surface area contributed by atoms with E-state index in [-0.39, 0.29) is 50.8 Å². The molecular formula is C20H39N3O8PS+. The van der Waals surface area contributed by atoms with E-state index in [1.807, 2.05) is 21.1 Å². The summed E-state index contributed by atoms with van der Waals surface area (Å²) in [5.74, 6) is -1.18. The Bertz CT molecular complexity index is 727. The lowest BCUT2D eigenvalue weighted by Gasteiger charge is -2.35. The number of hydrogen-bond donors (Lipinski definition) is 3. The van der Waals surface area contributed by atoms with Gasteiger partial charge in [-0.1, -0.05) is 13.8 Å². The molecule has 0 spiro atoms. The molecule has 0 aromatic heterocycles. The number of esters is 1. The average Bonchev–Trinajstić information content (AvgIpc) is 2.66. The van der Waals surface area contributed by atoms with Crippen molar-refractivity contribution < 1.29 is 42.3 Å². The molecule has 1 saturated heterocycles. The quantitative estimate of drug-likeness (QED) is 0.234. The van der Waals surface area contributed by atoms with Gasteiger partial charge in [-0.15, -0.1) is 0 Å². The third kappa shape index (κ3) is 12.2. The zero-order chi connectivity index (χ0) is 25.3. The Balaban J connectivity index is 3.09. The molecule has 0 aromatic carbocycles. The summed E-state index contributed by atoms with van der Waals surface area (Å²) in [7, 11) is 5.89. The first-order valence-corrected chi connectivity index (χ1v) is 14.0. The number of nitrogens with zero attached hydrogens (tertiary/aromatic N) is 1. The molecule has 0 saturated carbocycles. The van der Waals surface area contributed by atoms with Crippen LogP contribution in [0.5, 0.6) is 0 Å². The zero-order valence-electron chi connectivity index (χ0n) is 20.4. The molecule has 192 valence electrons. The van der Waals surface area contributed by atoms with Gasteiger partial charge in [-0.2, -0.15) is 0 Å². The van der Waals surface area contributed by atoms with Gasteiger partial charge >= 0.3 is 12.8 Å². The van der Waals surface area contributed by atoms with Crippen LogP contribution in [0.4, 0.5) is 0 Å². The van der Waals surface area contributed by atoms with Crippen molar-refractivity contribution in [3.8, 4) is 0 Å². The number of nitrogens with one attached hydrogen (secondary N) is 2. The molecule has 1 unspecified atom stereocenters. The summed E-state index contributed by atoms with van der Waals surface area (Å²) in [6.45, 7) is 1.77. The van der Waals surface area contributed by atoms with Gasteiger partial charge in [0.25, 0.3) is 0 Å². The van der Waals surface area contributed by atoms with Crippen molar-refractivity contribution in [2.75, 3.05) is 59.7 Å². The van der Waals surface area contributed by atoms with E-state index in [4.69, 9.17) is 13.8 Å². The molecule has 11 nitrogen and oxygen atoms in total.